The number of hydrogen-bond donors (Lipinski definition) is 2. The first-order chi connectivity index (χ1) is 12.3. The van der Waals surface area contributed by atoms with Crippen molar-refractivity contribution in [3.63, 3.8) is 0 Å². The highest BCUT2D eigenvalue weighted by atomic mass is 79.9. The first kappa shape index (κ1) is 20.2. The molecule has 138 valence electrons. The van der Waals surface area contributed by atoms with Gasteiger partial charge in [-0.1, -0.05) is 0 Å². The van der Waals surface area contributed by atoms with Crippen molar-refractivity contribution >= 4 is 45.0 Å². The van der Waals surface area contributed by atoms with Crippen molar-refractivity contribution in [1.82, 2.24) is 15.2 Å². The Balaban J connectivity index is 1.98. The van der Waals surface area contributed by atoms with Crippen LogP contribution in [0.15, 0.2) is 34.9 Å². The second kappa shape index (κ2) is 9.00. The number of hydrogen-bond acceptors (Lipinski definition) is 3. The Labute approximate surface area is 163 Å². The molecular formula is C17H17BrF2N4OS. The van der Waals surface area contributed by atoms with Gasteiger partial charge in [-0.05, 0) is 58.8 Å². The zero-order valence-electron chi connectivity index (χ0n) is 14.1. The summed E-state index contributed by atoms with van der Waals surface area (Å²) >= 11 is 8.41. The number of thiocarbonyl (C=S) groups is 1. The normalized spacial score (nSPS) is 10.3. The van der Waals surface area contributed by atoms with E-state index < -0.39 is 17.5 Å². The molecule has 1 heterocycles. The fraction of sp³-hybridized carbons (Fsp3) is 0.235. The van der Waals surface area contributed by atoms with Crippen molar-refractivity contribution in [3.05, 3.63) is 57.7 Å². The maximum absolute atomic E-state index is 14.5. The van der Waals surface area contributed by atoms with E-state index >= 15 is 0 Å². The number of benzene rings is 1. The molecule has 0 saturated heterocycles. The molecular weight excluding hydrogens is 426 g/mol. The zero-order chi connectivity index (χ0) is 19.3. The van der Waals surface area contributed by atoms with E-state index in [4.69, 9.17) is 12.2 Å². The molecule has 0 spiro atoms. The summed E-state index contributed by atoms with van der Waals surface area (Å²) in [6.07, 6.45) is 1.64. The van der Waals surface area contributed by atoms with Gasteiger partial charge in [0, 0.05) is 36.9 Å². The van der Waals surface area contributed by atoms with Crippen LogP contribution in [-0.4, -0.2) is 41.5 Å². The third-order valence-corrected chi connectivity index (χ3v) is 4.17. The van der Waals surface area contributed by atoms with Gasteiger partial charge in [0.05, 0.1) is 5.56 Å². The third kappa shape index (κ3) is 5.18. The molecule has 1 amide bonds. The molecule has 26 heavy (non-hydrogen) atoms. The van der Waals surface area contributed by atoms with Gasteiger partial charge in [0.25, 0.3) is 5.91 Å². The van der Waals surface area contributed by atoms with E-state index in [-0.39, 0.29) is 29.2 Å². The molecule has 0 bridgehead atoms. The van der Waals surface area contributed by atoms with Gasteiger partial charge in [-0.2, -0.15) is 0 Å². The predicted octanol–water partition coefficient (Wildman–Crippen LogP) is 3.35. The molecule has 0 atom stereocenters. The minimum atomic E-state index is -0.848. The van der Waals surface area contributed by atoms with Crippen molar-refractivity contribution < 1.29 is 13.6 Å². The summed E-state index contributed by atoms with van der Waals surface area (Å²) in [6, 6.07) is 5.77. The molecule has 0 saturated carbocycles. The van der Waals surface area contributed by atoms with Gasteiger partial charge in [0.15, 0.2) is 5.11 Å². The summed E-state index contributed by atoms with van der Waals surface area (Å²) in [5.41, 5.74) is -0.319. The fourth-order valence-corrected chi connectivity index (χ4v) is 2.59. The Hall–Kier alpha value is -2.13. The number of anilines is 1. The third-order valence-electron chi connectivity index (χ3n) is 3.45. The molecule has 0 radical (unpaired) electrons. The Morgan fingerprint density at radius 3 is 2.62 bits per heavy atom. The lowest BCUT2D eigenvalue weighted by Gasteiger charge is -2.14. The minimum Gasteiger partial charge on any atom is -0.362 e. The highest BCUT2D eigenvalue weighted by Crippen LogP contribution is 2.18. The smallest absolute Gasteiger partial charge is 0.256 e. The SMILES string of the molecule is CN(C)C(=O)c1ccc(F)c(CCNC(=S)Nc2ccc(Br)cn2)c1F. The molecule has 2 rings (SSSR count). The van der Waals surface area contributed by atoms with Crippen LogP contribution in [-0.2, 0) is 6.42 Å². The second-order valence-electron chi connectivity index (χ2n) is 5.58. The van der Waals surface area contributed by atoms with Crippen LogP contribution < -0.4 is 10.6 Å². The molecule has 5 nitrogen and oxygen atoms in total. The van der Waals surface area contributed by atoms with Crippen LogP contribution in [0.1, 0.15) is 15.9 Å². The van der Waals surface area contributed by atoms with E-state index in [1.54, 1.807) is 18.3 Å². The van der Waals surface area contributed by atoms with Crippen molar-refractivity contribution in [3.8, 4) is 0 Å². The number of carbonyl (C=O) groups is 1. The quantitative estimate of drug-likeness (QED) is 0.695. The molecule has 1 aromatic carbocycles. The highest BCUT2D eigenvalue weighted by Gasteiger charge is 2.19. The molecule has 0 unspecified atom stereocenters. The lowest BCUT2D eigenvalue weighted by molar-refractivity contribution is 0.0822. The van der Waals surface area contributed by atoms with E-state index in [0.29, 0.717) is 5.82 Å². The van der Waals surface area contributed by atoms with Crippen molar-refractivity contribution in [1.29, 1.82) is 0 Å². The number of carbonyl (C=O) groups excluding carboxylic acids is 1. The number of amides is 1. The van der Waals surface area contributed by atoms with Crippen molar-refractivity contribution in [2.24, 2.45) is 0 Å². The number of nitrogens with zero attached hydrogens (tertiary/aromatic N) is 2. The number of halogens is 3. The van der Waals surface area contributed by atoms with Gasteiger partial charge in [0.2, 0.25) is 0 Å². The van der Waals surface area contributed by atoms with Crippen molar-refractivity contribution in [2.45, 2.75) is 6.42 Å². The molecule has 9 heteroatoms. The van der Waals surface area contributed by atoms with Gasteiger partial charge < -0.3 is 15.5 Å². The van der Waals surface area contributed by atoms with Crippen LogP contribution in [0.2, 0.25) is 0 Å². The van der Waals surface area contributed by atoms with E-state index in [9.17, 15) is 13.6 Å². The van der Waals surface area contributed by atoms with Crippen LogP contribution in [0.25, 0.3) is 0 Å². The predicted molar refractivity (Wildman–Crippen MR) is 104 cm³/mol. The van der Waals surface area contributed by atoms with Crippen LogP contribution >= 0.6 is 28.1 Å². The maximum Gasteiger partial charge on any atom is 0.256 e. The highest BCUT2D eigenvalue weighted by molar-refractivity contribution is 9.10. The van der Waals surface area contributed by atoms with Gasteiger partial charge in [-0.3, -0.25) is 4.79 Å². The van der Waals surface area contributed by atoms with E-state index in [1.165, 1.54) is 19.0 Å². The summed E-state index contributed by atoms with van der Waals surface area (Å²) in [5.74, 6) is -1.52. The van der Waals surface area contributed by atoms with Crippen LogP contribution in [0.4, 0.5) is 14.6 Å². The summed E-state index contributed by atoms with van der Waals surface area (Å²) < 4.78 is 29.3. The molecule has 2 aromatic rings. The molecule has 1 aromatic heterocycles. The van der Waals surface area contributed by atoms with Gasteiger partial charge in [-0.25, -0.2) is 13.8 Å². The lowest BCUT2D eigenvalue weighted by Crippen LogP contribution is -2.31. The molecule has 0 aliphatic heterocycles. The largest absolute Gasteiger partial charge is 0.362 e. The Morgan fingerprint density at radius 1 is 1.27 bits per heavy atom. The average molecular weight is 443 g/mol. The van der Waals surface area contributed by atoms with E-state index in [1.807, 2.05) is 0 Å². The standard InChI is InChI=1S/C17H17BrF2N4OS/c1-24(2)16(25)12-4-5-13(19)11(15(12)20)7-8-21-17(26)23-14-6-3-10(18)9-22-14/h3-6,9H,7-8H2,1-2H3,(H2,21,22,23,26). The average Bonchev–Trinajstić information content (AvgIpc) is 2.59. The summed E-state index contributed by atoms with van der Waals surface area (Å²) in [6.45, 7) is 0.190. The van der Waals surface area contributed by atoms with Crippen molar-refractivity contribution in [2.75, 3.05) is 26.0 Å². The first-order valence-electron chi connectivity index (χ1n) is 7.64. The summed E-state index contributed by atoms with van der Waals surface area (Å²) in [4.78, 5) is 17.3. The molecule has 0 aliphatic rings. The van der Waals surface area contributed by atoms with Gasteiger partial charge in [0.1, 0.15) is 17.5 Å². The van der Waals surface area contributed by atoms with Crippen LogP contribution in [0, 0.1) is 11.6 Å². The zero-order valence-corrected chi connectivity index (χ0v) is 16.5. The lowest BCUT2D eigenvalue weighted by atomic mass is 10.1. The summed E-state index contributed by atoms with van der Waals surface area (Å²) in [5, 5.41) is 6.01. The molecule has 0 aliphatic carbocycles. The maximum atomic E-state index is 14.5. The first-order valence-corrected chi connectivity index (χ1v) is 8.84. The topological polar surface area (TPSA) is 57.3 Å². The Morgan fingerprint density at radius 2 is 2.00 bits per heavy atom. The summed E-state index contributed by atoms with van der Waals surface area (Å²) in [7, 11) is 3.01. The Kier molecular flexibility index (Phi) is 6.98. The fourth-order valence-electron chi connectivity index (χ4n) is 2.14. The number of pyridine rings is 1. The second-order valence-corrected chi connectivity index (χ2v) is 6.90. The van der Waals surface area contributed by atoms with Crippen LogP contribution in [0.3, 0.4) is 0 Å². The number of aromatic nitrogens is 1. The molecule has 2 N–H and O–H groups in total. The van der Waals surface area contributed by atoms with Crippen LogP contribution in [0.5, 0.6) is 0 Å². The monoisotopic (exact) mass is 442 g/mol. The Bertz CT molecular complexity index is 815. The number of nitrogens with one attached hydrogen (secondary N) is 2. The van der Waals surface area contributed by atoms with Gasteiger partial charge >= 0.3 is 0 Å². The number of rotatable bonds is 5. The molecule has 0 fully saturated rings. The van der Waals surface area contributed by atoms with E-state index in [2.05, 4.69) is 31.5 Å². The van der Waals surface area contributed by atoms with Gasteiger partial charge in [-0.15, -0.1) is 0 Å². The minimum absolute atomic E-state index is 0.0296. The van der Waals surface area contributed by atoms with E-state index in [0.717, 1.165) is 16.6 Å².